The van der Waals surface area contributed by atoms with Gasteiger partial charge in [0.15, 0.2) is 0 Å². The van der Waals surface area contributed by atoms with Crippen LogP contribution in [-0.4, -0.2) is 63.0 Å². The summed E-state index contributed by atoms with van der Waals surface area (Å²) < 4.78 is 16.3. The molecule has 9 nitrogen and oxygen atoms in total. The number of carbonyl (C=O) groups excluding carboxylic acids is 1. The van der Waals surface area contributed by atoms with Gasteiger partial charge in [0.1, 0.15) is 11.5 Å². The summed E-state index contributed by atoms with van der Waals surface area (Å²) in [5, 5.41) is 19.5. The van der Waals surface area contributed by atoms with Crippen LogP contribution in [0.15, 0.2) is 59.0 Å². The second kappa shape index (κ2) is 14.7. The van der Waals surface area contributed by atoms with Gasteiger partial charge in [0.2, 0.25) is 5.91 Å². The fraction of sp³-hybridized carbons (Fsp3) is 0.308. The van der Waals surface area contributed by atoms with Crippen molar-refractivity contribution in [2.75, 3.05) is 45.3 Å². The maximum absolute atomic E-state index is 13.1. The average molecular weight is 550 g/mol. The number of carboxylic acids is 1. The van der Waals surface area contributed by atoms with E-state index in [1.807, 2.05) is 0 Å². The molecule has 0 saturated carbocycles. The topological polar surface area (TPSA) is 122 Å². The van der Waals surface area contributed by atoms with Crippen molar-refractivity contribution in [2.45, 2.75) is 12.6 Å². The lowest BCUT2D eigenvalue weighted by atomic mass is 10.1. The van der Waals surface area contributed by atoms with Crippen LogP contribution < -0.4 is 16.0 Å². The van der Waals surface area contributed by atoms with E-state index in [0.29, 0.717) is 53.5 Å². The average Bonchev–Trinajstić information content (AvgIpc) is 3.35. The van der Waals surface area contributed by atoms with Gasteiger partial charge in [-0.2, -0.15) is 0 Å². The van der Waals surface area contributed by atoms with E-state index in [1.54, 1.807) is 55.6 Å². The number of ether oxygens (including phenoxy) is 2. The molecule has 0 bridgehead atoms. The lowest BCUT2D eigenvalue weighted by Crippen LogP contribution is -2.47. The lowest BCUT2D eigenvalue weighted by Gasteiger charge is -2.19. The molecule has 3 aromatic rings. The third kappa shape index (κ3) is 8.85. The van der Waals surface area contributed by atoms with Crippen LogP contribution in [-0.2, 0) is 20.8 Å². The van der Waals surface area contributed by atoms with Gasteiger partial charge in [-0.3, -0.25) is 10.1 Å². The van der Waals surface area contributed by atoms with Crippen LogP contribution in [0.4, 0.5) is 5.69 Å². The van der Waals surface area contributed by atoms with Gasteiger partial charge >= 0.3 is 5.97 Å². The molecule has 1 heterocycles. The fourth-order valence-electron chi connectivity index (χ4n) is 3.42. The number of anilines is 1. The smallest absolute Gasteiger partial charge is 0.337 e. The van der Waals surface area contributed by atoms with Crippen LogP contribution >= 0.6 is 23.2 Å². The number of hydrogen-bond donors (Lipinski definition) is 4. The van der Waals surface area contributed by atoms with Crippen molar-refractivity contribution in [2.24, 2.45) is 0 Å². The SMILES string of the molecule is COCCOCCNCC(NCc1ccc(-c2cc(Cl)ccc2Cl)o1)C(=O)Nc1ccccc1C(=O)O. The van der Waals surface area contributed by atoms with Gasteiger partial charge in [-0.15, -0.1) is 0 Å². The summed E-state index contributed by atoms with van der Waals surface area (Å²) in [5.41, 5.74) is 0.879. The first-order valence-corrected chi connectivity index (χ1v) is 12.3. The molecule has 0 saturated heterocycles. The first kappa shape index (κ1) is 28.6. The summed E-state index contributed by atoms with van der Waals surface area (Å²) in [6.07, 6.45) is 0. The van der Waals surface area contributed by atoms with E-state index in [4.69, 9.17) is 37.1 Å². The predicted octanol–water partition coefficient (Wildman–Crippen LogP) is 4.30. The molecule has 0 radical (unpaired) electrons. The number of furan rings is 1. The van der Waals surface area contributed by atoms with Crippen molar-refractivity contribution in [3.63, 3.8) is 0 Å². The number of hydrogen-bond acceptors (Lipinski definition) is 7. The Balaban J connectivity index is 1.65. The fourth-order valence-corrected chi connectivity index (χ4v) is 3.80. The van der Waals surface area contributed by atoms with Crippen LogP contribution in [0.5, 0.6) is 0 Å². The first-order valence-electron chi connectivity index (χ1n) is 11.6. The number of aromatic carboxylic acids is 1. The molecule has 0 aliphatic carbocycles. The van der Waals surface area contributed by atoms with E-state index in [2.05, 4.69) is 16.0 Å². The van der Waals surface area contributed by atoms with E-state index in [9.17, 15) is 14.7 Å². The Kier molecular flexibility index (Phi) is 11.4. The summed E-state index contributed by atoms with van der Waals surface area (Å²) in [7, 11) is 1.60. The molecule has 0 spiro atoms. The van der Waals surface area contributed by atoms with Crippen LogP contribution in [0.1, 0.15) is 16.1 Å². The molecule has 0 aliphatic heterocycles. The van der Waals surface area contributed by atoms with Crippen molar-refractivity contribution in [3.05, 3.63) is 76.0 Å². The van der Waals surface area contributed by atoms with Crippen LogP contribution in [0.25, 0.3) is 11.3 Å². The second-order valence-corrected chi connectivity index (χ2v) is 8.82. The van der Waals surface area contributed by atoms with Crippen LogP contribution in [0.2, 0.25) is 10.0 Å². The van der Waals surface area contributed by atoms with E-state index in [0.717, 1.165) is 0 Å². The Morgan fingerprint density at radius 1 is 1.05 bits per heavy atom. The number of amides is 1. The van der Waals surface area contributed by atoms with Crippen molar-refractivity contribution >= 4 is 40.8 Å². The van der Waals surface area contributed by atoms with Crippen molar-refractivity contribution in [3.8, 4) is 11.3 Å². The van der Waals surface area contributed by atoms with E-state index >= 15 is 0 Å². The van der Waals surface area contributed by atoms with Gasteiger partial charge < -0.3 is 29.6 Å². The minimum absolute atomic E-state index is 0.00294. The Bertz CT molecular complexity index is 1190. The van der Waals surface area contributed by atoms with Gasteiger partial charge in [-0.05, 0) is 42.5 Å². The third-order valence-electron chi connectivity index (χ3n) is 5.31. The highest BCUT2D eigenvalue weighted by Crippen LogP contribution is 2.31. The molecule has 1 atom stereocenters. The Morgan fingerprint density at radius 3 is 2.65 bits per heavy atom. The number of rotatable bonds is 15. The maximum atomic E-state index is 13.1. The molecule has 0 aliphatic rings. The van der Waals surface area contributed by atoms with Gasteiger partial charge in [0, 0.05) is 30.8 Å². The molecular weight excluding hydrogens is 521 g/mol. The molecule has 1 unspecified atom stereocenters. The molecule has 1 aromatic heterocycles. The minimum Gasteiger partial charge on any atom is -0.478 e. The lowest BCUT2D eigenvalue weighted by molar-refractivity contribution is -0.118. The normalized spacial score (nSPS) is 11.9. The number of halogens is 2. The quantitative estimate of drug-likeness (QED) is 0.207. The third-order valence-corrected chi connectivity index (χ3v) is 5.88. The molecule has 4 N–H and O–H groups in total. The highest BCUT2D eigenvalue weighted by atomic mass is 35.5. The Morgan fingerprint density at radius 2 is 1.86 bits per heavy atom. The van der Waals surface area contributed by atoms with E-state index in [1.165, 1.54) is 6.07 Å². The van der Waals surface area contributed by atoms with Gasteiger partial charge in [0.25, 0.3) is 0 Å². The predicted molar refractivity (Wildman–Crippen MR) is 142 cm³/mol. The largest absolute Gasteiger partial charge is 0.478 e. The number of carboxylic acid groups (broad SMARTS) is 1. The zero-order valence-corrected chi connectivity index (χ0v) is 21.8. The summed E-state index contributed by atoms with van der Waals surface area (Å²) in [5.74, 6) is -0.398. The molecule has 0 fully saturated rings. The van der Waals surface area contributed by atoms with Gasteiger partial charge in [0.05, 0.1) is 48.7 Å². The summed E-state index contributed by atoms with van der Waals surface area (Å²) >= 11 is 12.4. The van der Waals surface area contributed by atoms with Crippen molar-refractivity contribution < 1.29 is 28.6 Å². The number of carbonyl (C=O) groups is 2. The van der Waals surface area contributed by atoms with E-state index < -0.39 is 17.9 Å². The zero-order chi connectivity index (χ0) is 26.6. The molecule has 198 valence electrons. The van der Waals surface area contributed by atoms with Crippen LogP contribution in [0.3, 0.4) is 0 Å². The molecular formula is C26H29Cl2N3O6. The van der Waals surface area contributed by atoms with Crippen molar-refractivity contribution in [1.29, 1.82) is 0 Å². The van der Waals surface area contributed by atoms with Gasteiger partial charge in [-0.25, -0.2) is 4.79 Å². The number of methoxy groups -OCH3 is 1. The molecule has 2 aromatic carbocycles. The molecule has 3 rings (SSSR count). The number of para-hydroxylation sites is 1. The molecule has 37 heavy (non-hydrogen) atoms. The summed E-state index contributed by atoms with van der Waals surface area (Å²) in [6.45, 7) is 2.44. The monoisotopic (exact) mass is 549 g/mol. The second-order valence-electron chi connectivity index (χ2n) is 7.97. The molecule has 11 heteroatoms. The standard InChI is InChI=1S/C26H29Cl2N3O6/c1-35-12-13-36-11-10-29-16-23(25(32)31-22-5-3-2-4-19(22)26(33)34)30-15-18-7-9-24(37-18)20-14-17(27)6-8-21(20)28/h2-9,14,23,29-30H,10-13,15-16H2,1H3,(H,31,32)(H,33,34). The maximum Gasteiger partial charge on any atom is 0.337 e. The van der Waals surface area contributed by atoms with Gasteiger partial charge in [-0.1, -0.05) is 35.3 Å². The minimum atomic E-state index is -1.13. The highest BCUT2D eigenvalue weighted by molar-refractivity contribution is 6.35. The Labute approximate surface area is 225 Å². The van der Waals surface area contributed by atoms with Crippen LogP contribution in [0, 0.1) is 0 Å². The summed E-state index contributed by atoms with van der Waals surface area (Å²) in [4.78, 5) is 24.6. The highest BCUT2D eigenvalue weighted by Gasteiger charge is 2.21. The van der Waals surface area contributed by atoms with E-state index in [-0.39, 0.29) is 24.3 Å². The molecule has 1 amide bonds. The number of benzene rings is 2. The Hall–Kier alpha value is -2.92. The number of nitrogens with one attached hydrogen (secondary N) is 3. The van der Waals surface area contributed by atoms with Crippen molar-refractivity contribution in [1.82, 2.24) is 10.6 Å². The summed E-state index contributed by atoms with van der Waals surface area (Å²) in [6, 6.07) is 14.2. The zero-order valence-electron chi connectivity index (χ0n) is 20.3. The first-order chi connectivity index (χ1) is 17.9.